The summed E-state index contributed by atoms with van der Waals surface area (Å²) in [6.07, 6.45) is 8.28. The molecule has 0 radical (unpaired) electrons. The highest BCUT2D eigenvalue weighted by atomic mass is 32.2. The Balaban J connectivity index is 1.29. The van der Waals surface area contributed by atoms with Crippen molar-refractivity contribution in [2.45, 2.75) is 49.7 Å². The van der Waals surface area contributed by atoms with Crippen molar-refractivity contribution >= 4 is 23.4 Å². The molecular formula is C27H28N4O2S. The van der Waals surface area contributed by atoms with Crippen LogP contribution in [0.2, 0.25) is 0 Å². The Morgan fingerprint density at radius 2 is 1.76 bits per heavy atom. The van der Waals surface area contributed by atoms with E-state index in [9.17, 15) is 4.79 Å². The Labute approximate surface area is 203 Å². The molecule has 1 amide bonds. The van der Waals surface area contributed by atoms with Gasteiger partial charge >= 0.3 is 0 Å². The summed E-state index contributed by atoms with van der Waals surface area (Å²) in [6, 6.07) is 22.4. The number of amides is 1. The largest absolute Gasteiger partial charge is 0.461 e. The second-order valence-corrected chi connectivity index (χ2v) is 9.54. The van der Waals surface area contributed by atoms with Gasteiger partial charge in [0.2, 0.25) is 11.7 Å². The molecule has 1 saturated carbocycles. The van der Waals surface area contributed by atoms with Gasteiger partial charge in [0.1, 0.15) is 0 Å². The lowest BCUT2D eigenvalue weighted by molar-refractivity contribution is -0.113. The van der Waals surface area contributed by atoms with Crippen LogP contribution in [0.25, 0.3) is 11.6 Å². The Bertz CT molecular complexity index is 1210. The maximum Gasteiger partial charge on any atom is 0.234 e. The molecule has 4 aromatic rings. The number of hydrogen-bond donors (Lipinski definition) is 1. The first-order chi connectivity index (χ1) is 16.8. The summed E-state index contributed by atoms with van der Waals surface area (Å²) in [5, 5.41) is 12.7. The lowest BCUT2D eigenvalue weighted by Crippen LogP contribution is -2.18. The number of hydrogen-bond acceptors (Lipinski definition) is 5. The van der Waals surface area contributed by atoms with Crippen molar-refractivity contribution in [1.29, 1.82) is 0 Å². The monoisotopic (exact) mass is 472 g/mol. The summed E-state index contributed by atoms with van der Waals surface area (Å²) in [5.74, 6) is 1.67. The maximum absolute atomic E-state index is 12.9. The molecule has 2 heterocycles. The molecule has 0 aliphatic heterocycles. The molecule has 0 atom stereocenters. The SMILES string of the molecule is O=C(CSc1nnc(-c2ccco2)n1C1CCCCC1)Nc1ccccc1Cc1ccccc1. The highest BCUT2D eigenvalue weighted by Gasteiger charge is 2.25. The zero-order valence-electron chi connectivity index (χ0n) is 19.0. The van der Waals surface area contributed by atoms with Crippen molar-refractivity contribution in [1.82, 2.24) is 14.8 Å². The van der Waals surface area contributed by atoms with Crippen molar-refractivity contribution in [3.8, 4) is 11.6 Å². The van der Waals surface area contributed by atoms with Crippen molar-refractivity contribution in [3.63, 3.8) is 0 Å². The summed E-state index contributed by atoms with van der Waals surface area (Å²) >= 11 is 1.43. The molecule has 2 aromatic carbocycles. The molecule has 0 bridgehead atoms. The second-order valence-electron chi connectivity index (χ2n) is 8.60. The van der Waals surface area contributed by atoms with Crippen LogP contribution in [-0.2, 0) is 11.2 Å². The number of anilines is 1. The number of rotatable bonds is 8. The molecule has 6 nitrogen and oxygen atoms in total. The van der Waals surface area contributed by atoms with Gasteiger partial charge in [0.15, 0.2) is 10.9 Å². The van der Waals surface area contributed by atoms with Gasteiger partial charge in [0, 0.05) is 11.7 Å². The fourth-order valence-corrected chi connectivity index (χ4v) is 5.35. The molecule has 0 unspecified atom stereocenters. The molecule has 5 rings (SSSR count). The highest BCUT2D eigenvalue weighted by molar-refractivity contribution is 7.99. The topological polar surface area (TPSA) is 73.0 Å². The van der Waals surface area contributed by atoms with Gasteiger partial charge in [-0.15, -0.1) is 10.2 Å². The predicted octanol–water partition coefficient (Wildman–Crippen LogP) is 6.36. The first-order valence-corrected chi connectivity index (χ1v) is 12.8. The van der Waals surface area contributed by atoms with E-state index in [-0.39, 0.29) is 11.7 Å². The zero-order chi connectivity index (χ0) is 23.2. The van der Waals surface area contributed by atoms with E-state index in [2.05, 4.69) is 38.3 Å². The van der Waals surface area contributed by atoms with E-state index in [0.29, 0.717) is 11.8 Å². The van der Waals surface area contributed by atoms with Gasteiger partial charge in [-0.05, 0) is 48.6 Å². The van der Waals surface area contributed by atoms with Crippen LogP contribution in [0.5, 0.6) is 0 Å². The van der Waals surface area contributed by atoms with Gasteiger partial charge in [-0.2, -0.15) is 0 Å². The standard InChI is InChI=1S/C27H28N4O2S/c32-25(28-23-15-8-7-12-21(23)18-20-10-3-1-4-11-20)19-34-27-30-29-26(24-16-9-17-33-24)31(27)22-13-5-2-6-14-22/h1,3-4,7-12,15-17,22H,2,5-6,13-14,18-19H2,(H,28,32). The van der Waals surface area contributed by atoms with Crippen LogP contribution in [0.1, 0.15) is 49.3 Å². The van der Waals surface area contributed by atoms with E-state index in [1.807, 2.05) is 48.5 Å². The van der Waals surface area contributed by atoms with E-state index in [4.69, 9.17) is 4.42 Å². The van der Waals surface area contributed by atoms with Crippen LogP contribution < -0.4 is 5.32 Å². The first-order valence-electron chi connectivity index (χ1n) is 11.8. The van der Waals surface area contributed by atoms with Crippen LogP contribution in [0, 0.1) is 0 Å². The first kappa shape index (κ1) is 22.5. The fourth-order valence-electron chi connectivity index (χ4n) is 4.55. The summed E-state index contributed by atoms with van der Waals surface area (Å²) in [7, 11) is 0. The maximum atomic E-state index is 12.9. The summed E-state index contributed by atoms with van der Waals surface area (Å²) in [4.78, 5) is 12.9. The summed E-state index contributed by atoms with van der Waals surface area (Å²) < 4.78 is 7.80. The minimum absolute atomic E-state index is 0.0525. The number of carbonyl (C=O) groups excluding carboxylic acids is 1. The number of nitrogens with one attached hydrogen (secondary N) is 1. The van der Waals surface area contributed by atoms with E-state index in [1.54, 1.807) is 6.26 Å². The van der Waals surface area contributed by atoms with Gasteiger partial charge < -0.3 is 9.73 Å². The molecule has 2 aromatic heterocycles. The number of benzene rings is 2. The number of carbonyl (C=O) groups is 1. The van der Waals surface area contributed by atoms with Crippen LogP contribution >= 0.6 is 11.8 Å². The molecular weight excluding hydrogens is 444 g/mol. The van der Waals surface area contributed by atoms with Gasteiger partial charge in [-0.25, -0.2) is 0 Å². The zero-order valence-corrected chi connectivity index (χ0v) is 19.8. The average molecular weight is 473 g/mol. The Hall–Kier alpha value is -3.32. The van der Waals surface area contributed by atoms with Crippen LogP contribution in [-0.4, -0.2) is 26.4 Å². The second kappa shape index (κ2) is 10.7. The Morgan fingerprint density at radius 3 is 2.56 bits per heavy atom. The molecule has 1 aliphatic carbocycles. The highest BCUT2D eigenvalue weighted by Crippen LogP contribution is 2.35. The quantitative estimate of drug-likeness (QED) is 0.302. The lowest BCUT2D eigenvalue weighted by atomic mass is 9.95. The Morgan fingerprint density at radius 1 is 0.971 bits per heavy atom. The van der Waals surface area contributed by atoms with Crippen LogP contribution in [0.4, 0.5) is 5.69 Å². The van der Waals surface area contributed by atoms with Gasteiger partial charge in [0.05, 0.1) is 12.0 Å². The van der Waals surface area contributed by atoms with E-state index in [1.165, 1.54) is 36.6 Å². The molecule has 1 fully saturated rings. The molecule has 0 saturated heterocycles. The average Bonchev–Trinajstić information content (AvgIpc) is 3.55. The molecule has 7 heteroatoms. The number of para-hydroxylation sites is 1. The summed E-state index contributed by atoms with van der Waals surface area (Å²) in [5.41, 5.74) is 3.16. The van der Waals surface area contributed by atoms with Crippen LogP contribution in [0.15, 0.2) is 82.6 Å². The lowest BCUT2D eigenvalue weighted by Gasteiger charge is -2.25. The molecule has 0 spiro atoms. The molecule has 1 aliphatic rings. The molecule has 174 valence electrons. The number of aromatic nitrogens is 3. The van der Waals surface area contributed by atoms with Gasteiger partial charge in [0.25, 0.3) is 0 Å². The smallest absolute Gasteiger partial charge is 0.234 e. The fraction of sp³-hybridized carbons (Fsp3) is 0.296. The van der Waals surface area contributed by atoms with E-state index < -0.39 is 0 Å². The summed E-state index contributed by atoms with van der Waals surface area (Å²) in [6.45, 7) is 0. The van der Waals surface area contributed by atoms with Gasteiger partial charge in [-0.1, -0.05) is 79.6 Å². The third-order valence-corrected chi connectivity index (χ3v) is 7.15. The van der Waals surface area contributed by atoms with Crippen molar-refractivity contribution in [2.75, 3.05) is 11.1 Å². The van der Waals surface area contributed by atoms with Crippen molar-refractivity contribution in [3.05, 3.63) is 84.1 Å². The Kier molecular flexibility index (Phi) is 7.10. The van der Waals surface area contributed by atoms with E-state index in [0.717, 1.165) is 41.5 Å². The van der Waals surface area contributed by atoms with E-state index >= 15 is 0 Å². The van der Waals surface area contributed by atoms with Gasteiger partial charge in [-0.3, -0.25) is 9.36 Å². The third kappa shape index (κ3) is 5.25. The molecule has 34 heavy (non-hydrogen) atoms. The predicted molar refractivity (Wildman–Crippen MR) is 135 cm³/mol. The number of furan rings is 1. The normalized spacial score (nSPS) is 14.2. The number of nitrogens with zero attached hydrogens (tertiary/aromatic N) is 3. The van der Waals surface area contributed by atoms with Crippen LogP contribution in [0.3, 0.4) is 0 Å². The van der Waals surface area contributed by atoms with Crippen molar-refractivity contribution in [2.24, 2.45) is 0 Å². The van der Waals surface area contributed by atoms with Crippen molar-refractivity contribution < 1.29 is 9.21 Å². The number of thioether (sulfide) groups is 1. The molecule has 1 N–H and O–H groups in total. The minimum atomic E-state index is -0.0525. The third-order valence-electron chi connectivity index (χ3n) is 6.21. The minimum Gasteiger partial charge on any atom is -0.461 e.